The molecule has 3 atom stereocenters. The van der Waals surface area contributed by atoms with E-state index < -0.39 is 24.1 Å². The zero-order valence-electron chi connectivity index (χ0n) is 17.3. The number of aliphatic hydroxyl groups is 2. The molecule has 0 aliphatic carbocycles. The summed E-state index contributed by atoms with van der Waals surface area (Å²) < 4.78 is 8.10. The lowest BCUT2D eigenvalue weighted by Crippen LogP contribution is -2.42. The van der Waals surface area contributed by atoms with Gasteiger partial charge in [0, 0.05) is 29.3 Å². The van der Waals surface area contributed by atoms with Gasteiger partial charge in [-0.1, -0.05) is 29.0 Å². The first-order chi connectivity index (χ1) is 15.5. The number of hydrogen-bond acceptors (Lipinski definition) is 8. The van der Waals surface area contributed by atoms with Gasteiger partial charge in [-0.05, 0) is 47.5 Å². The molecule has 32 heavy (non-hydrogen) atoms. The van der Waals surface area contributed by atoms with Crippen LogP contribution in [0.2, 0.25) is 0 Å². The average molecular weight is 474 g/mol. The minimum absolute atomic E-state index is 0.121. The zero-order chi connectivity index (χ0) is 22.7. The molecule has 3 heterocycles. The molecule has 0 spiro atoms. The van der Waals surface area contributed by atoms with Crippen LogP contribution in [0.3, 0.4) is 0 Å². The number of aliphatic hydroxyl groups excluding tert-OH is 2. The van der Waals surface area contributed by atoms with Gasteiger partial charge in [-0.2, -0.15) is 0 Å². The van der Waals surface area contributed by atoms with E-state index in [1.807, 2.05) is 42.5 Å². The lowest BCUT2D eigenvalue weighted by atomic mass is 10.2. The number of ether oxygens (including phenoxy) is 1. The SMILES string of the molecule is Cc1cn([C@H]2C[C@H](O)[C@@H](CO)O2)c(=O)n(Cc2ccc(SSc3ccccn3)cc2)c1=O. The molecular formula is C22H23N3O5S2. The van der Waals surface area contributed by atoms with Crippen molar-refractivity contribution in [3.8, 4) is 0 Å². The Balaban J connectivity index is 1.52. The van der Waals surface area contributed by atoms with E-state index in [-0.39, 0.29) is 25.1 Å². The van der Waals surface area contributed by atoms with Crippen LogP contribution in [0.5, 0.6) is 0 Å². The molecule has 4 rings (SSSR count). The molecule has 1 aromatic carbocycles. The third-order valence-electron chi connectivity index (χ3n) is 5.19. The highest BCUT2D eigenvalue weighted by molar-refractivity contribution is 8.76. The van der Waals surface area contributed by atoms with E-state index in [1.165, 1.54) is 15.3 Å². The average Bonchev–Trinajstić information content (AvgIpc) is 3.19. The molecule has 10 heteroatoms. The van der Waals surface area contributed by atoms with Crippen LogP contribution in [0.25, 0.3) is 0 Å². The van der Waals surface area contributed by atoms with Gasteiger partial charge < -0.3 is 14.9 Å². The molecule has 2 N–H and O–H groups in total. The van der Waals surface area contributed by atoms with Gasteiger partial charge in [0.25, 0.3) is 5.56 Å². The highest BCUT2D eigenvalue weighted by atomic mass is 33.1. The number of pyridine rings is 1. The normalized spacial score (nSPS) is 20.5. The van der Waals surface area contributed by atoms with Gasteiger partial charge in [0.15, 0.2) is 0 Å². The van der Waals surface area contributed by atoms with E-state index in [4.69, 9.17) is 4.74 Å². The molecule has 0 radical (unpaired) electrons. The molecule has 3 aromatic rings. The van der Waals surface area contributed by atoms with E-state index in [2.05, 4.69) is 4.98 Å². The van der Waals surface area contributed by atoms with Crippen molar-refractivity contribution >= 4 is 21.6 Å². The Morgan fingerprint density at radius 1 is 1.16 bits per heavy atom. The molecule has 0 bridgehead atoms. The Labute approximate surface area is 192 Å². The minimum atomic E-state index is -0.869. The Hall–Kier alpha value is -2.37. The smallest absolute Gasteiger partial charge is 0.333 e. The molecule has 1 aliphatic rings. The van der Waals surface area contributed by atoms with E-state index in [0.717, 1.165) is 15.5 Å². The second kappa shape index (κ2) is 10.1. The van der Waals surface area contributed by atoms with Gasteiger partial charge in [0.05, 0.1) is 19.3 Å². The molecule has 0 amide bonds. The topological polar surface area (TPSA) is 107 Å². The largest absolute Gasteiger partial charge is 0.394 e. The Morgan fingerprint density at radius 3 is 2.59 bits per heavy atom. The molecule has 0 unspecified atom stereocenters. The molecular weight excluding hydrogens is 450 g/mol. The lowest BCUT2D eigenvalue weighted by Gasteiger charge is -2.17. The third-order valence-corrected chi connectivity index (χ3v) is 7.49. The fourth-order valence-electron chi connectivity index (χ4n) is 3.47. The molecule has 0 saturated carbocycles. The van der Waals surface area contributed by atoms with Crippen molar-refractivity contribution < 1.29 is 14.9 Å². The quantitative estimate of drug-likeness (QED) is 0.503. The summed E-state index contributed by atoms with van der Waals surface area (Å²) in [7, 11) is 3.13. The summed E-state index contributed by atoms with van der Waals surface area (Å²) in [5, 5.41) is 20.2. The number of aryl methyl sites for hydroxylation is 1. The summed E-state index contributed by atoms with van der Waals surface area (Å²) in [5.74, 6) is 0. The molecule has 1 fully saturated rings. The van der Waals surface area contributed by atoms with Gasteiger partial charge in [-0.3, -0.25) is 13.9 Å². The van der Waals surface area contributed by atoms with E-state index in [9.17, 15) is 19.8 Å². The van der Waals surface area contributed by atoms with E-state index in [0.29, 0.717) is 5.56 Å². The van der Waals surface area contributed by atoms with Crippen molar-refractivity contribution in [2.45, 2.75) is 48.2 Å². The van der Waals surface area contributed by atoms with Gasteiger partial charge >= 0.3 is 5.69 Å². The van der Waals surface area contributed by atoms with Crippen LogP contribution in [-0.2, 0) is 11.3 Å². The van der Waals surface area contributed by atoms with E-state index >= 15 is 0 Å². The van der Waals surface area contributed by atoms with Crippen molar-refractivity contribution in [3.63, 3.8) is 0 Å². The zero-order valence-corrected chi connectivity index (χ0v) is 19.0. The van der Waals surface area contributed by atoms with Gasteiger partial charge in [0.1, 0.15) is 17.4 Å². The molecule has 8 nitrogen and oxygen atoms in total. The molecule has 1 aliphatic heterocycles. The Morgan fingerprint density at radius 2 is 1.94 bits per heavy atom. The highest BCUT2D eigenvalue weighted by Gasteiger charge is 2.35. The van der Waals surface area contributed by atoms with Crippen LogP contribution in [-0.4, -0.2) is 43.1 Å². The van der Waals surface area contributed by atoms with Crippen molar-refractivity contribution in [1.29, 1.82) is 0 Å². The fourth-order valence-corrected chi connectivity index (χ4v) is 5.32. The van der Waals surface area contributed by atoms with Crippen molar-refractivity contribution in [2.75, 3.05) is 6.61 Å². The Bertz CT molecular complexity index is 1180. The molecule has 2 aromatic heterocycles. The predicted molar refractivity (Wildman–Crippen MR) is 123 cm³/mol. The number of rotatable bonds is 7. The minimum Gasteiger partial charge on any atom is -0.394 e. The monoisotopic (exact) mass is 473 g/mol. The van der Waals surface area contributed by atoms with Gasteiger partial charge in [0.2, 0.25) is 0 Å². The van der Waals surface area contributed by atoms with Gasteiger partial charge in [-0.25, -0.2) is 9.78 Å². The summed E-state index contributed by atoms with van der Waals surface area (Å²) in [6.07, 6.45) is 1.02. The predicted octanol–water partition coefficient (Wildman–Crippen LogP) is 2.20. The Kier molecular flexibility index (Phi) is 7.17. The maximum absolute atomic E-state index is 13.0. The molecule has 168 valence electrons. The number of benzene rings is 1. The number of nitrogens with zero attached hydrogens (tertiary/aromatic N) is 3. The summed E-state index contributed by atoms with van der Waals surface area (Å²) in [6, 6.07) is 13.4. The second-order valence-corrected chi connectivity index (χ2v) is 9.71. The first-order valence-electron chi connectivity index (χ1n) is 10.1. The first-order valence-corrected chi connectivity index (χ1v) is 12.2. The van der Waals surface area contributed by atoms with Crippen LogP contribution >= 0.6 is 21.6 Å². The summed E-state index contributed by atoms with van der Waals surface area (Å²) in [6.45, 7) is 1.42. The number of hydrogen-bond donors (Lipinski definition) is 2. The fraction of sp³-hybridized carbons (Fsp3) is 0.318. The third kappa shape index (κ3) is 5.00. The highest BCUT2D eigenvalue weighted by Crippen LogP contribution is 2.36. The second-order valence-electron chi connectivity index (χ2n) is 7.49. The first kappa shape index (κ1) is 22.8. The lowest BCUT2D eigenvalue weighted by molar-refractivity contribution is -0.0463. The van der Waals surface area contributed by atoms with Crippen LogP contribution in [0.15, 0.2) is 74.4 Å². The maximum Gasteiger partial charge on any atom is 0.333 e. The van der Waals surface area contributed by atoms with Crippen LogP contribution < -0.4 is 11.2 Å². The van der Waals surface area contributed by atoms with Crippen molar-refractivity contribution in [3.05, 3.63) is 86.8 Å². The van der Waals surface area contributed by atoms with Crippen molar-refractivity contribution in [2.24, 2.45) is 0 Å². The standard InChI is InChI=1S/C22H23N3O5S2/c1-14-11-24(20-10-17(27)18(13-26)30-20)22(29)25(21(14)28)12-15-5-7-16(8-6-15)31-32-19-4-2-3-9-23-19/h2-9,11,17-18,20,26-27H,10,12-13H2,1H3/t17-,18+,20+/m0/s1. The van der Waals surface area contributed by atoms with Crippen LogP contribution in [0.4, 0.5) is 0 Å². The van der Waals surface area contributed by atoms with Crippen LogP contribution in [0, 0.1) is 6.92 Å². The summed E-state index contributed by atoms with van der Waals surface area (Å²) in [5.41, 5.74) is 0.330. The number of aromatic nitrogens is 3. The van der Waals surface area contributed by atoms with E-state index in [1.54, 1.807) is 34.7 Å². The maximum atomic E-state index is 13.0. The van der Waals surface area contributed by atoms with Crippen molar-refractivity contribution in [1.82, 2.24) is 14.1 Å². The van der Waals surface area contributed by atoms with Crippen LogP contribution in [0.1, 0.15) is 23.8 Å². The van der Waals surface area contributed by atoms with Gasteiger partial charge in [-0.15, -0.1) is 0 Å². The summed E-state index contributed by atoms with van der Waals surface area (Å²) >= 11 is 0. The summed E-state index contributed by atoms with van der Waals surface area (Å²) in [4.78, 5) is 31.0. The molecule has 1 saturated heterocycles.